The molecule has 0 saturated heterocycles. The molecule has 0 aliphatic carbocycles. The molecule has 0 N–H and O–H groups in total. The highest BCUT2D eigenvalue weighted by Gasteiger charge is 2.08. The van der Waals surface area contributed by atoms with Crippen LogP contribution in [0.2, 0.25) is 5.02 Å². The molecule has 3 aromatic rings. The van der Waals surface area contributed by atoms with Gasteiger partial charge in [0.2, 0.25) is 0 Å². The van der Waals surface area contributed by atoms with E-state index in [4.69, 9.17) is 11.6 Å². The first-order valence-corrected chi connectivity index (χ1v) is 7.27. The Bertz CT molecular complexity index is 824. The van der Waals surface area contributed by atoms with E-state index in [2.05, 4.69) is 0 Å². The Morgan fingerprint density at radius 3 is 2.59 bits per heavy atom. The maximum Gasteiger partial charge on any atom is 0.132 e. The summed E-state index contributed by atoms with van der Waals surface area (Å²) in [6.07, 6.45) is 3.75. The molecule has 2 aromatic carbocycles. The maximum absolute atomic E-state index is 13.9. The van der Waals surface area contributed by atoms with Crippen molar-refractivity contribution >= 4 is 11.6 Å². The van der Waals surface area contributed by atoms with Gasteiger partial charge in [0.25, 0.3) is 0 Å². The topological polar surface area (TPSA) is 4.93 Å². The van der Waals surface area contributed by atoms with Crippen LogP contribution in [0.1, 0.15) is 11.1 Å². The summed E-state index contributed by atoms with van der Waals surface area (Å²) in [5.74, 6) is -0.583. The smallest absolute Gasteiger partial charge is 0.132 e. The monoisotopic (exact) mass is 317 g/mol. The van der Waals surface area contributed by atoms with E-state index in [1.165, 1.54) is 18.2 Å². The molecule has 0 radical (unpaired) electrons. The summed E-state index contributed by atoms with van der Waals surface area (Å²) in [4.78, 5) is 0. The zero-order valence-electron chi connectivity index (χ0n) is 12.0. The van der Waals surface area contributed by atoms with Crippen LogP contribution in [0.25, 0.3) is 11.1 Å². The number of hydrogen-bond donors (Lipinski definition) is 0. The van der Waals surface area contributed by atoms with Gasteiger partial charge in [-0.15, -0.1) is 0 Å². The standard InChI is InChI=1S/C18H14ClF2N/c1-12-8-16(20)4-2-13(12)10-22-7-6-14(11-22)17-5-3-15(19)9-18(17)21/h2-9,11H,10H2,1H3. The third-order valence-electron chi connectivity index (χ3n) is 3.65. The van der Waals surface area contributed by atoms with E-state index >= 15 is 0 Å². The Hall–Kier alpha value is -2.13. The molecule has 0 fully saturated rings. The highest BCUT2D eigenvalue weighted by Crippen LogP contribution is 2.26. The number of halogens is 3. The number of aromatic nitrogens is 1. The van der Waals surface area contributed by atoms with Crippen molar-refractivity contribution in [1.29, 1.82) is 0 Å². The van der Waals surface area contributed by atoms with Gasteiger partial charge in [-0.1, -0.05) is 17.7 Å². The van der Waals surface area contributed by atoms with Crippen LogP contribution in [-0.4, -0.2) is 4.57 Å². The van der Waals surface area contributed by atoms with Crippen molar-refractivity contribution in [2.45, 2.75) is 13.5 Å². The molecule has 0 amide bonds. The zero-order chi connectivity index (χ0) is 15.7. The first-order chi connectivity index (χ1) is 10.5. The molecule has 0 aliphatic rings. The van der Waals surface area contributed by atoms with Gasteiger partial charge < -0.3 is 4.57 Å². The van der Waals surface area contributed by atoms with Crippen molar-refractivity contribution < 1.29 is 8.78 Å². The molecule has 4 heteroatoms. The number of rotatable bonds is 3. The van der Waals surface area contributed by atoms with Crippen LogP contribution < -0.4 is 0 Å². The molecule has 0 bridgehead atoms. The molecule has 0 spiro atoms. The Labute approximate surface area is 132 Å². The predicted octanol–water partition coefficient (Wildman–Crippen LogP) is 5.44. The van der Waals surface area contributed by atoms with Crippen molar-refractivity contribution in [2.24, 2.45) is 0 Å². The summed E-state index contributed by atoms with van der Waals surface area (Å²) < 4.78 is 29.0. The Morgan fingerprint density at radius 2 is 1.86 bits per heavy atom. The molecule has 0 aliphatic heterocycles. The number of nitrogens with zero attached hydrogens (tertiary/aromatic N) is 1. The van der Waals surface area contributed by atoms with Crippen LogP contribution in [0.4, 0.5) is 8.78 Å². The third kappa shape index (κ3) is 3.04. The lowest BCUT2D eigenvalue weighted by Gasteiger charge is -2.07. The average Bonchev–Trinajstić information content (AvgIpc) is 2.90. The molecule has 22 heavy (non-hydrogen) atoms. The minimum Gasteiger partial charge on any atom is -0.349 e. The number of benzene rings is 2. The van der Waals surface area contributed by atoms with Gasteiger partial charge in [0.05, 0.1) is 0 Å². The SMILES string of the molecule is Cc1cc(F)ccc1Cn1ccc(-c2ccc(Cl)cc2F)c1. The van der Waals surface area contributed by atoms with Crippen LogP contribution in [0.3, 0.4) is 0 Å². The molecule has 112 valence electrons. The fourth-order valence-corrected chi connectivity index (χ4v) is 2.61. The Balaban J connectivity index is 1.87. The van der Waals surface area contributed by atoms with E-state index in [1.807, 2.05) is 30.0 Å². The Kier molecular flexibility index (Phi) is 3.99. The molecule has 1 nitrogen and oxygen atoms in total. The summed E-state index contributed by atoms with van der Waals surface area (Å²) >= 11 is 5.77. The van der Waals surface area contributed by atoms with E-state index in [0.29, 0.717) is 17.1 Å². The van der Waals surface area contributed by atoms with Gasteiger partial charge >= 0.3 is 0 Å². The lowest BCUT2D eigenvalue weighted by atomic mass is 10.1. The van der Waals surface area contributed by atoms with Gasteiger partial charge in [0.15, 0.2) is 0 Å². The van der Waals surface area contributed by atoms with Crippen molar-refractivity contribution in [3.05, 3.63) is 82.6 Å². The van der Waals surface area contributed by atoms with E-state index < -0.39 is 0 Å². The molecular formula is C18H14ClF2N. The average molecular weight is 318 g/mol. The molecule has 3 rings (SSSR count). The first-order valence-electron chi connectivity index (χ1n) is 6.89. The van der Waals surface area contributed by atoms with Gasteiger partial charge in [-0.2, -0.15) is 0 Å². The van der Waals surface area contributed by atoms with Crippen LogP contribution >= 0.6 is 11.6 Å². The third-order valence-corrected chi connectivity index (χ3v) is 3.89. The first kappa shape index (κ1) is 14.8. The van der Waals surface area contributed by atoms with Gasteiger partial charge in [0, 0.05) is 35.1 Å². The van der Waals surface area contributed by atoms with Gasteiger partial charge in [0.1, 0.15) is 11.6 Å². The van der Waals surface area contributed by atoms with E-state index in [9.17, 15) is 8.78 Å². The second-order valence-electron chi connectivity index (χ2n) is 5.27. The van der Waals surface area contributed by atoms with Crippen LogP contribution in [0.15, 0.2) is 54.9 Å². The second kappa shape index (κ2) is 5.93. The minimum atomic E-state index is -0.344. The lowest BCUT2D eigenvalue weighted by Crippen LogP contribution is -1.99. The summed E-state index contributed by atoms with van der Waals surface area (Å²) in [6.45, 7) is 2.49. The van der Waals surface area contributed by atoms with Crippen LogP contribution in [-0.2, 0) is 6.54 Å². The Morgan fingerprint density at radius 1 is 1.05 bits per heavy atom. The van der Waals surface area contributed by atoms with Crippen LogP contribution in [0.5, 0.6) is 0 Å². The second-order valence-corrected chi connectivity index (χ2v) is 5.70. The number of hydrogen-bond acceptors (Lipinski definition) is 0. The molecular weight excluding hydrogens is 304 g/mol. The van der Waals surface area contributed by atoms with Crippen molar-refractivity contribution in [3.63, 3.8) is 0 Å². The largest absolute Gasteiger partial charge is 0.349 e. The quantitative estimate of drug-likeness (QED) is 0.606. The summed E-state index contributed by atoms with van der Waals surface area (Å²) in [7, 11) is 0. The fraction of sp³-hybridized carbons (Fsp3) is 0.111. The minimum absolute atomic E-state index is 0.238. The highest BCUT2D eigenvalue weighted by molar-refractivity contribution is 6.30. The number of aryl methyl sites for hydroxylation is 1. The van der Waals surface area contributed by atoms with Gasteiger partial charge in [-0.25, -0.2) is 8.78 Å². The molecule has 0 unspecified atom stereocenters. The van der Waals surface area contributed by atoms with Crippen molar-refractivity contribution in [2.75, 3.05) is 0 Å². The molecule has 0 saturated carbocycles. The normalized spacial score (nSPS) is 10.9. The molecule has 1 heterocycles. The van der Waals surface area contributed by atoms with Crippen molar-refractivity contribution in [1.82, 2.24) is 4.57 Å². The van der Waals surface area contributed by atoms with Crippen molar-refractivity contribution in [3.8, 4) is 11.1 Å². The summed E-state index contributed by atoms with van der Waals surface area (Å²) in [6, 6.07) is 11.2. The van der Waals surface area contributed by atoms with Gasteiger partial charge in [-0.05, 0) is 54.4 Å². The van der Waals surface area contributed by atoms with Gasteiger partial charge in [-0.3, -0.25) is 0 Å². The fourth-order valence-electron chi connectivity index (χ4n) is 2.46. The molecule has 1 aromatic heterocycles. The summed E-state index contributed by atoms with van der Waals surface area (Å²) in [5, 5.41) is 0.377. The van der Waals surface area contributed by atoms with E-state index in [-0.39, 0.29) is 11.6 Å². The van der Waals surface area contributed by atoms with E-state index in [1.54, 1.807) is 18.2 Å². The predicted molar refractivity (Wildman–Crippen MR) is 85.1 cm³/mol. The van der Waals surface area contributed by atoms with E-state index in [0.717, 1.165) is 16.7 Å². The summed E-state index contributed by atoms with van der Waals surface area (Å²) in [5.41, 5.74) is 3.22. The maximum atomic E-state index is 13.9. The van der Waals surface area contributed by atoms with Crippen LogP contribution in [0, 0.1) is 18.6 Å². The zero-order valence-corrected chi connectivity index (χ0v) is 12.7. The highest BCUT2D eigenvalue weighted by atomic mass is 35.5. The lowest BCUT2D eigenvalue weighted by molar-refractivity contribution is 0.624. The molecule has 0 atom stereocenters.